The molecule has 0 fully saturated rings. The summed E-state index contributed by atoms with van der Waals surface area (Å²) in [5, 5.41) is 0. The maximum atomic E-state index is 5.42. The van der Waals surface area contributed by atoms with Crippen LogP contribution in [-0.2, 0) is 25.9 Å². The minimum Gasteiger partial charge on any atom is -0.495 e. The molecule has 0 aliphatic carbocycles. The molecule has 1 nitrogen and oxygen atoms in total. The predicted octanol–water partition coefficient (Wildman–Crippen LogP) is 1.73. The van der Waals surface area contributed by atoms with Crippen LogP contribution in [0.5, 0.6) is 0 Å². The summed E-state index contributed by atoms with van der Waals surface area (Å²) < 4.78 is 1.09. The van der Waals surface area contributed by atoms with Crippen LogP contribution in [0.25, 0.3) is 0 Å². The predicted molar refractivity (Wildman–Crippen MR) is 68.6 cm³/mol. The van der Waals surface area contributed by atoms with Crippen LogP contribution >= 0.6 is 0 Å². The van der Waals surface area contributed by atoms with Crippen molar-refractivity contribution in [3.05, 3.63) is 71.8 Å². The van der Waals surface area contributed by atoms with Crippen LogP contribution in [0.4, 0.5) is 0 Å². The first-order chi connectivity index (χ1) is 7.84. The molecule has 1 N–H and O–H groups in total. The number of nitrogens with one attached hydrogen (secondary N) is 1. The van der Waals surface area contributed by atoms with Crippen LogP contribution in [0.2, 0.25) is 0 Å². The van der Waals surface area contributed by atoms with Gasteiger partial charge in [0, 0.05) is 11.1 Å². The lowest BCUT2D eigenvalue weighted by molar-refractivity contribution is -0.784. The number of hydrogen-bond acceptors (Lipinski definition) is 1. The highest BCUT2D eigenvalue weighted by Crippen LogP contribution is 1.98. The van der Waals surface area contributed by atoms with E-state index in [9.17, 15) is 0 Å². The second-order valence-electron chi connectivity index (χ2n) is 3.86. The molecular weight excluding hydrogens is 214 g/mol. The van der Waals surface area contributed by atoms with Gasteiger partial charge in [0.15, 0.2) is 0 Å². The molecule has 0 saturated heterocycles. The summed E-state index contributed by atoms with van der Waals surface area (Å²) in [6, 6.07) is 20.8. The molecule has 0 aliphatic rings. The molecule has 0 bridgehead atoms. The van der Waals surface area contributed by atoms with Crippen LogP contribution in [0.1, 0.15) is 11.1 Å². The van der Waals surface area contributed by atoms with E-state index in [0.717, 1.165) is 17.4 Å². The minimum atomic E-state index is 0.894. The van der Waals surface area contributed by atoms with Gasteiger partial charge >= 0.3 is 0 Å². The van der Waals surface area contributed by atoms with Gasteiger partial charge in [0.05, 0.1) is 13.1 Å². The smallest absolute Gasteiger partial charge is 0.0867 e. The maximum absolute atomic E-state index is 5.42. The molecule has 0 aromatic heterocycles. The number of quaternary nitrogens is 1. The third-order valence-corrected chi connectivity index (χ3v) is 2.78. The summed E-state index contributed by atoms with van der Waals surface area (Å²) >= 11 is 5.42. The molecule has 0 unspecified atom stereocenters. The zero-order valence-electron chi connectivity index (χ0n) is 9.10. The summed E-state index contributed by atoms with van der Waals surface area (Å²) in [7, 11) is 0. The van der Waals surface area contributed by atoms with E-state index >= 15 is 0 Å². The molecule has 0 spiro atoms. The fourth-order valence-electron chi connectivity index (χ4n) is 1.71. The molecule has 0 radical (unpaired) electrons. The largest absolute Gasteiger partial charge is 0.495 e. The van der Waals surface area contributed by atoms with E-state index in [2.05, 4.69) is 48.5 Å². The zero-order chi connectivity index (χ0) is 11.2. The first-order valence-corrected chi connectivity index (χ1v) is 5.85. The van der Waals surface area contributed by atoms with E-state index in [4.69, 9.17) is 12.8 Å². The van der Waals surface area contributed by atoms with E-state index in [1.807, 2.05) is 12.1 Å². The lowest BCUT2D eigenvalue weighted by Crippen LogP contribution is -3.04. The number of rotatable bonds is 4. The van der Waals surface area contributed by atoms with Crippen LogP contribution < -0.4 is 4.31 Å². The minimum absolute atomic E-state index is 0.894. The molecule has 2 rings (SSSR count). The Morgan fingerprint density at radius 2 is 1.06 bits per heavy atom. The second kappa shape index (κ2) is 5.73. The van der Waals surface area contributed by atoms with Gasteiger partial charge in [0.1, 0.15) is 0 Å². The molecule has 0 aliphatic heterocycles. The van der Waals surface area contributed by atoms with Gasteiger partial charge in [0.2, 0.25) is 0 Å². The number of hydrogen-bond donors (Lipinski definition) is 1. The van der Waals surface area contributed by atoms with E-state index in [-0.39, 0.29) is 0 Å². The van der Waals surface area contributed by atoms with Crippen LogP contribution in [-0.4, -0.2) is 0 Å². The molecule has 16 heavy (non-hydrogen) atoms. The Morgan fingerprint density at radius 3 is 1.44 bits per heavy atom. The molecule has 0 heterocycles. The molecule has 0 atom stereocenters. The Hall–Kier alpha value is -1.25. The molecule has 2 aromatic carbocycles. The van der Waals surface area contributed by atoms with Crippen molar-refractivity contribution >= 4 is 12.8 Å². The van der Waals surface area contributed by atoms with Crippen molar-refractivity contribution in [2.24, 2.45) is 0 Å². The van der Waals surface area contributed by atoms with Gasteiger partial charge in [0.25, 0.3) is 0 Å². The third-order valence-electron chi connectivity index (χ3n) is 2.49. The van der Waals surface area contributed by atoms with Crippen molar-refractivity contribution in [3.63, 3.8) is 0 Å². The zero-order valence-corrected chi connectivity index (χ0v) is 9.91. The maximum Gasteiger partial charge on any atom is 0.0867 e. The first-order valence-electron chi connectivity index (χ1n) is 5.44. The van der Waals surface area contributed by atoms with Gasteiger partial charge in [-0.1, -0.05) is 60.7 Å². The fraction of sp³-hybridized carbons (Fsp3) is 0.143. The average molecular weight is 229 g/mol. The highest BCUT2D eigenvalue weighted by molar-refractivity contribution is 7.51. The topological polar surface area (TPSA) is 4.44 Å². The fourth-order valence-corrected chi connectivity index (χ4v) is 2.04. The highest BCUT2D eigenvalue weighted by Gasteiger charge is 1.99. The van der Waals surface area contributed by atoms with Crippen molar-refractivity contribution in [3.8, 4) is 0 Å². The van der Waals surface area contributed by atoms with Gasteiger partial charge < -0.3 is 17.1 Å². The standard InChI is InChI=1S/C14H15NS/c16-15(11-13-7-3-1-4-8-13)12-14-9-5-2-6-10-14/h1-10,15H,11-12H2. The summed E-state index contributed by atoms with van der Waals surface area (Å²) in [4.78, 5) is 0. The molecular formula is C14H15NS. The summed E-state index contributed by atoms with van der Waals surface area (Å²) in [6.45, 7) is 1.79. The van der Waals surface area contributed by atoms with Gasteiger partial charge in [-0.05, 0) is 0 Å². The molecule has 2 heteroatoms. The Bertz CT molecular complexity index is 372. The summed E-state index contributed by atoms with van der Waals surface area (Å²) in [5.74, 6) is 0. The average Bonchev–Trinajstić information content (AvgIpc) is 2.31. The second-order valence-corrected chi connectivity index (χ2v) is 4.44. The van der Waals surface area contributed by atoms with Crippen LogP contribution in [0, 0.1) is 0 Å². The van der Waals surface area contributed by atoms with Crippen LogP contribution in [0.3, 0.4) is 0 Å². The Balaban J connectivity index is 1.92. The van der Waals surface area contributed by atoms with Gasteiger partial charge in [-0.15, -0.1) is 0 Å². The summed E-state index contributed by atoms with van der Waals surface area (Å²) in [5.41, 5.74) is 2.59. The van der Waals surface area contributed by atoms with Crippen molar-refractivity contribution in [1.82, 2.24) is 0 Å². The van der Waals surface area contributed by atoms with E-state index in [1.54, 1.807) is 0 Å². The summed E-state index contributed by atoms with van der Waals surface area (Å²) in [6.07, 6.45) is 0. The third kappa shape index (κ3) is 3.40. The lowest BCUT2D eigenvalue weighted by atomic mass is 10.2. The molecule has 0 amide bonds. The number of benzene rings is 2. The van der Waals surface area contributed by atoms with Crippen molar-refractivity contribution in [2.75, 3.05) is 0 Å². The van der Waals surface area contributed by atoms with E-state index in [1.165, 1.54) is 11.1 Å². The molecule has 2 aromatic rings. The Kier molecular flexibility index (Phi) is 4.03. The van der Waals surface area contributed by atoms with Crippen molar-refractivity contribution < 1.29 is 4.31 Å². The van der Waals surface area contributed by atoms with Crippen LogP contribution in [0.15, 0.2) is 60.7 Å². The monoisotopic (exact) mass is 229 g/mol. The quantitative estimate of drug-likeness (QED) is 0.782. The van der Waals surface area contributed by atoms with Gasteiger partial charge in [-0.25, -0.2) is 0 Å². The SMILES string of the molecule is [S-][NH+](Cc1ccccc1)Cc1ccccc1. The van der Waals surface area contributed by atoms with Crippen molar-refractivity contribution in [2.45, 2.75) is 13.1 Å². The van der Waals surface area contributed by atoms with Crippen molar-refractivity contribution in [1.29, 1.82) is 0 Å². The van der Waals surface area contributed by atoms with E-state index in [0.29, 0.717) is 0 Å². The Labute approximate surface area is 102 Å². The molecule has 82 valence electrons. The first kappa shape index (κ1) is 11.2. The van der Waals surface area contributed by atoms with E-state index < -0.39 is 0 Å². The normalized spacial score (nSPS) is 10.6. The van der Waals surface area contributed by atoms with Gasteiger partial charge in [-0.3, -0.25) is 0 Å². The highest BCUT2D eigenvalue weighted by atomic mass is 32.1. The Morgan fingerprint density at radius 1 is 0.688 bits per heavy atom. The van der Waals surface area contributed by atoms with Gasteiger partial charge in [-0.2, -0.15) is 0 Å². The lowest BCUT2D eigenvalue weighted by Gasteiger charge is -2.23. The molecule has 0 saturated carbocycles.